The van der Waals surface area contributed by atoms with Crippen LogP contribution >= 0.6 is 0 Å². The predicted octanol–water partition coefficient (Wildman–Crippen LogP) is 17.1. The number of hydrogen-bond donors (Lipinski definition) is 3. The van der Waals surface area contributed by atoms with Gasteiger partial charge in [-0.05, 0) is 135 Å². The molecule has 6 atom stereocenters. The van der Waals surface area contributed by atoms with Crippen molar-refractivity contribution in [3.05, 3.63) is 146 Å². The fourth-order valence-electron chi connectivity index (χ4n) is 8.63. The topological polar surface area (TPSA) is 175 Å². The van der Waals surface area contributed by atoms with Crippen LogP contribution in [0.25, 0.3) is 0 Å². The number of carbonyl (C=O) groups excluding carboxylic acids is 3. The van der Waals surface area contributed by atoms with Gasteiger partial charge < -0.3 is 39.0 Å². The lowest BCUT2D eigenvalue weighted by Crippen LogP contribution is -2.61. The van der Waals surface area contributed by atoms with E-state index in [4.69, 9.17) is 23.7 Å². The normalized spacial score (nSPS) is 18.6. The number of esters is 3. The number of hydrogen-bond acceptors (Lipinski definition) is 11. The number of carboxylic acid groups (broad SMARTS) is 1. The zero-order chi connectivity index (χ0) is 60.3. The maximum absolute atomic E-state index is 13.2. The fourth-order valence-corrected chi connectivity index (χ4v) is 8.63. The number of carbonyl (C=O) groups is 4. The van der Waals surface area contributed by atoms with E-state index in [1.807, 2.05) is 0 Å². The SMILES string of the molecule is CC/C=C\C/C=C\C/C=C\C/C=C\C/C=C\CCCCCC(=O)OCC(COC1OC(C(=O)O)C(O)C(O)C1OC(=O)CCCCCCCC/C=C\C/C=C\C/C=C\C/C=C\CC)OC(=O)CCCCCCC/C=C\C/C=C\C/C=C\CC. The van der Waals surface area contributed by atoms with E-state index in [-0.39, 0.29) is 25.9 Å². The van der Waals surface area contributed by atoms with Crippen LogP contribution in [-0.2, 0) is 42.9 Å². The molecule has 1 heterocycles. The Morgan fingerprint density at radius 2 is 0.723 bits per heavy atom. The third kappa shape index (κ3) is 46.6. The van der Waals surface area contributed by atoms with Crippen molar-refractivity contribution in [3.63, 3.8) is 0 Å². The summed E-state index contributed by atoms with van der Waals surface area (Å²) in [6.07, 6.45) is 69.4. The summed E-state index contributed by atoms with van der Waals surface area (Å²) in [6, 6.07) is 0. The van der Waals surface area contributed by atoms with Crippen molar-refractivity contribution in [1.82, 2.24) is 0 Å². The van der Waals surface area contributed by atoms with Crippen LogP contribution in [0.15, 0.2) is 146 Å². The number of allylic oxidation sites excluding steroid dienone is 24. The zero-order valence-electron chi connectivity index (χ0n) is 51.4. The Morgan fingerprint density at radius 3 is 1.11 bits per heavy atom. The first-order valence-corrected chi connectivity index (χ1v) is 31.8. The van der Waals surface area contributed by atoms with Gasteiger partial charge in [0.25, 0.3) is 0 Å². The van der Waals surface area contributed by atoms with Gasteiger partial charge in [-0.1, -0.05) is 218 Å². The minimum Gasteiger partial charge on any atom is -0.479 e. The predicted molar refractivity (Wildman–Crippen MR) is 339 cm³/mol. The Kier molecular flexibility index (Phi) is 52.0. The molecule has 12 nitrogen and oxygen atoms in total. The highest BCUT2D eigenvalue weighted by Gasteiger charge is 2.50. The van der Waals surface area contributed by atoms with E-state index in [0.717, 1.165) is 167 Å². The largest absolute Gasteiger partial charge is 0.479 e. The number of aliphatic hydroxyl groups is 2. The molecule has 1 fully saturated rings. The monoisotopic (exact) mass is 1150 g/mol. The second kappa shape index (κ2) is 57.1. The number of aliphatic hydroxyl groups excluding tert-OH is 2. The van der Waals surface area contributed by atoms with Crippen LogP contribution in [0.3, 0.4) is 0 Å². The van der Waals surface area contributed by atoms with E-state index >= 15 is 0 Å². The number of unbranched alkanes of at least 4 members (excludes halogenated alkanes) is 14. The Hall–Kier alpha value is -5.40. The van der Waals surface area contributed by atoms with Gasteiger partial charge in [0.1, 0.15) is 18.8 Å². The van der Waals surface area contributed by atoms with Crippen LogP contribution < -0.4 is 0 Å². The van der Waals surface area contributed by atoms with Gasteiger partial charge in [0, 0.05) is 19.3 Å². The van der Waals surface area contributed by atoms with E-state index in [1.54, 1.807) is 0 Å². The molecule has 0 amide bonds. The lowest BCUT2D eigenvalue weighted by molar-refractivity contribution is -0.301. The van der Waals surface area contributed by atoms with Crippen LogP contribution in [0, 0.1) is 0 Å². The zero-order valence-corrected chi connectivity index (χ0v) is 51.4. The molecule has 6 unspecified atom stereocenters. The summed E-state index contributed by atoms with van der Waals surface area (Å²) in [4.78, 5) is 51.3. The van der Waals surface area contributed by atoms with Crippen LogP contribution in [0.5, 0.6) is 0 Å². The maximum atomic E-state index is 13.2. The molecule has 0 bridgehead atoms. The standard InChI is InChI=1S/C71H110O12/c1-4-7-10-13-16-19-22-25-28-30-32-34-37-39-42-45-48-51-54-57-63(72)79-60-62(81-64(73)58-55-52-49-46-43-40-36-27-24-21-18-15-12-9-6-3)61-80-71-69(67(76)66(75)68(83-71)70(77)78)82-65(74)59-56-53-50-47-44-41-38-35-33-31-29-26-23-20-17-14-11-8-5-2/h7-12,16-21,25-29,32-36,39,42,62,66-69,71,75-76H,4-6,13-15,22-24,30-31,37-38,40-41,43-61H2,1-3H3,(H,77,78)/b10-7-,11-8-,12-9-,19-16-,20-17-,21-18-,28-25-,29-26-,34-32-,35-33-,36-27-,42-39-. The molecule has 1 saturated heterocycles. The van der Waals surface area contributed by atoms with E-state index < -0.39 is 67.3 Å². The molecule has 0 aliphatic carbocycles. The summed E-state index contributed by atoms with van der Waals surface area (Å²) in [7, 11) is 0. The molecule has 0 aromatic carbocycles. The highest BCUT2D eigenvalue weighted by atomic mass is 16.7. The summed E-state index contributed by atoms with van der Waals surface area (Å²) in [5, 5.41) is 31.6. The third-order valence-corrected chi connectivity index (χ3v) is 13.4. The fraction of sp³-hybridized carbons (Fsp3) is 0.606. The van der Waals surface area contributed by atoms with Crippen LogP contribution in [0.1, 0.15) is 226 Å². The lowest BCUT2D eigenvalue weighted by atomic mass is 9.98. The van der Waals surface area contributed by atoms with Gasteiger partial charge in [0.05, 0.1) is 6.61 Å². The molecule has 1 aliphatic rings. The van der Waals surface area contributed by atoms with Crippen molar-refractivity contribution < 1.29 is 58.2 Å². The number of ether oxygens (including phenoxy) is 5. The van der Waals surface area contributed by atoms with Crippen LogP contribution in [0.4, 0.5) is 0 Å². The van der Waals surface area contributed by atoms with Crippen LogP contribution in [0.2, 0.25) is 0 Å². The second-order valence-electron chi connectivity index (χ2n) is 20.9. The Morgan fingerprint density at radius 1 is 0.398 bits per heavy atom. The molecule has 0 radical (unpaired) electrons. The average Bonchev–Trinajstić information content (AvgIpc) is 3.57. The third-order valence-electron chi connectivity index (χ3n) is 13.4. The molecular weight excluding hydrogens is 1040 g/mol. The average molecular weight is 1160 g/mol. The molecule has 0 aromatic rings. The van der Waals surface area contributed by atoms with Gasteiger partial charge in [-0.15, -0.1) is 0 Å². The summed E-state index contributed by atoms with van der Waals surface area (Å²) >= 11 is 0. The van der Waals surface area contributed by atoms with Gasteiger partial charge in [0.2, 0.25) is 0 Å². The van der Waals surface area contributed by atoms with Crippen molar-refractivity contribution in [2.75, 3.05) is 13.2 Å². The van der Waals surface area contributed by atoms with E-state index in [9.17, 15) is 34.5 Å². The van der Waals surface area contributed by atoms with Crippen molar-refractivity contribution in [2.24, 2.45) is 0 Å². The molecule has 0 saturated carbocycles. The number of carboxylic acids is 1. The van der Waals surface area contributed by atoms with Gasteiger partial charge in [-0.25, -0.2) is 4.79 Å². The molecule has 3 N–H and O–H groups in total. The first kappa shape index (κ1) is 75.6. The number of aliphatic carboxylic acids is 1. The molecular formula is C71H110O12. The highest BCUT2D eigenvalue weighted by Crippen LogP contribution is 2.26. The summed E-state index contributed by atoms with van der Waals surface area (Å²) in [5.74, 6) is -3.22. The minimum atomic E-state index is -1.93. The first-order valence-electron chi connectivity index (χ1n) is 31.8. The summed E-state index contributed by atoms with van der Waals surface area (Å²) in [5.41, 5.74) is 0. The Labute approximate surface area is 502 Å². The first-order chi connectivity index (χ1) is 40.6. The smallest absolute Gasteiger partial charge is 0.335 e. The maximum Gasteiger partial charge on any atom is 0.335 e. The Bertz CT molecular complexity index is 2000. The van der Waals surface area contributed by atoms with Crippen molar-refractivity contribution >= 4 is 23.9 Å². The van der Waals surface area contributed by atoms with E-state index in [2.05, 4.69) is 167 Å². The van der Waals surface area contributed by atoms with Gasteiger partial charge in [0.15, 0.2) is 24.6 Å². The molecule has 12 heteroatoms. The van der Waals surface area contributed by atoms with Gasteiger partial charge in [-0.2, -0.15) is 0 Å². The Balaban J connectivity index is 2.71. The molecule has 83 heavy (non-hydrogen) atoms. The van der Waals surface area contributed by atoms with Crippen molar-refractivity contribution in [3.8, 4) is 0 Å². The highest BCUT2D eigenvalue weighted by molar-refractivity contribution is 5.74. The minimum absolute atomic E-state index is 0.0302. The van der Waals surface area contributed by atoms with E-state index in [0.29, 0.717) is 19.3 Å². The van der Waals surface area contributed by atoms with Crippen molar-refractivity contribution in [1.29, 1.82) is 0 Å². The quantitative estimate of drug-likeness (QED) is 0.0228. The molecule has 466 valence electrons. The molecule has 1 aliphatic heterocycles. The lowest BCUT2D eigenvalue weighted by Gasteiger charge is -2.40. The summed E-state index contributed by atoms with van der Waals surface area (Å²) in [6.45, 7) is 5.61. The van der Waals surface area contributed by atoms with Gasteiger partial charge in [-0.3, -0.25) is 14.4 Å². The van der Waals surface area contributed by atoms with Crippen LogP contribution in [-0.4, -0.2) is 89.2 Å². The molecule has 0 aromatic heterocycles. The van der Waals surface area contributed by atoms with Gasteiger partial charge >= 0.3 is 23.9 Å². The summed E-state index contributed by atoms with van der Waals surface area (Å²) < 4.78 is 28.5. The number of rotatable bonds is 52. The molecule has 1 rings (SSSR count). The second-order valence-corrected chi connectivity index (χ2v) is 20.9. The van der Waals surface area contributed by atoms with Crippen molar-refractivity contribution in [2.45, 2.75) is 263 Å². The van der Waals surface area contributed by atoms with E-state index in [1.165, 1.54) is 0 Å². The molecule has 0 spiro atoms.